The minimum absolute atomic E-state index is 0.0301. The van der Waals surface area contributed by atoms with E-state index in [1.54, 1.807) is 6.92 Å². The third-order valence-electron chi connectivity index (χ3n) is 20.7. The van der Waals surface area contributed by atoms with Crippen molar-refractivity contribution >= 4 is 17.9 Å². The molecule has 4 unspecified atom stereocenters. The molecule has 9 N–H and O–H groups in total. The lowest BCUT2D eigenvalue weighted by molar-refractivity contribution is -0.342. The number of carbonyl (C=O) groups is 3. The summed E-state index contributed by atoms with van der Waals surface area (Å²) in [5, 5.41) is 78.5. The molecule has 0 aromatic carbocycles. The van der Waals surface area contributed by atoms with Crippen LogP contribution in [0.5, 0.6) is 0 Å². The summed E-state index contributed by atoms with van der Waals surface area (Å²) in [4.78, 5) is 41.3. The van der Waals surface area contributed by atoms with Crippen molar-refractivity contribution in [3.8, 4) is 0 Å². The highest BCUT2D eigenvalue weighted by molar-refractivity contribution is 5.75. The average molecular weight is 1040 g/mol. The topological polar surface area (TPSA) is 283 Å². The number of nitrogens with two attached hydrogens (primary N) is 1. The highest BCUT2D eigenvalue weighted by Crippen LogP contribution is 2.69. The summed E-state index contributed by atoms with van der Waals surface area (Å²) in [6.45, 7) is 9.50. The lowest BCUT2D eigenvalue weighted by Gasteiger charge is -2.64. The van der Waals surface area contributed by atoms with Gasteiger partial charge in [0.1, 0.15) is 48.6 Å². The van der Waals surface area contributed by atoms with Gasteiger partial charge in [0.05, 0.1) is 38.1 Å². The molecule has 6 saturated carbocycles. The number of fused-ring (bicyclic) bond motifs is 5. The number of aliphatic hydroxyl groups excluding tert-OH is 6. The molecule has 2 aliphatic heterocycles. The minimum Gasteiger partial charge on any atom is -0.479 e. The van der Waals surface area contributed by atoms with Crippen molar-refractivity contribution in [3.63, 3.8) is 0 Å². The van der Waals surface area contributed by atoms with E-state index in [1.807, 2.05) is 6.92 Å². The Morgan fingerprint density at radius 3 is 2.22 bits per heavy atom. The molecule has 2 saturated heterocycles. The molecular formula is C55H91NO17. The van der Waals surface area contributed by atoms with E-state index in [2.05, 4.69) is 20.8 Å². The van der Waals surface area contributed by atoms with Crippen molar-refractivity contribution in [1.82, 2.24) is 0 Å². The Kier molecular flexibility index (Phi) is 18.7. The van der Waals surface area contributed by atoms with Gasteiger partial charge in [-0.25, -0.2) is 4.79 Å². The van der Waals surface area contributed by atoms with Gasteiger partial charge in [-0.2, -0.15) is 0 Å². The fraction of sp³-hybridized carbons (Fsp3) is 0.945. The zero-order valence-corrected chi connectivity index (χ0v) is 44.3. The quantitative estimate of drug-likeness (QED) is 0.0939. The Balaban J connectivity index is 1.15. The van der Waals surface area contributed by atoms with Crippen LogP contribution in [0.2, 0.25) is 0 Å². The SMILES string of the molecule is CC[C@@H]1CCC[C@@H](O[C@@H]2O[C@@H](CO)[C@H](O)C(O[C@@H](CC3CCCCC3)C(=O)O)C2C(=O)O[C@@H]2C[C@@H]3C[C@@H](N)CC[C@]3(C)[C@H]3C[C@H](O)[C@]4(C)[C@@H]([C@H](C)CCC(=O)OC)CC[C@H]4[C@H]23)[C@@H]1OC1O[C@@H](C)C(O)[C@H](O)[C@@H]1O. The molecule has 0 spiro atoms. The number of ether oxygens (including phenoxy) is 7. The second-order valence-electron chi connectivity index (χ2n) is 24.6. The first-order chi connectivity index (χ1) is 34.7. The van der Waals surface area contributed by atoms with E-state index in [-0.39, 0.29) is 77.6 Å². The zero-order chi connectivity index (χ0) is 52.7. The fourth-order valence-electron chi connectivity index (χ4n) is 16.3. The normalized spacial score (nSPS) is 47.1. The van der Waals surface area contributed by atoms with E-state index < -0.39 is 116 Å². The molecule has 8 aliphatic rings. The molecule has 0 aromatic rings. The van der Waals surface area contributed by atoms with Gasteiger partial charge in [0.25, 0.3) is 0 Å². The Labute approximate surface area is 432 Å². The van der Waals surface area contributed by atoms with Crippen molar-refractivity contribution < 1.29 is 83.3 Å². The number of carboxylic acids is 1. The lowest BCUT2D eigenvalue weighted by atomic mass is 9.43. The summed E-state index contributed by atoms with van der Waals surface area (Å²) in [6.07, 6.45) is -4.02. The number of aliphatic carboxylic acids is 1. The third kappa shape index (κ3) is 11.4. The number of carbonyl (C=O) groups excluding carboxylic acids is 2. The molecular weight excluding hydrogens is 947 g/mol. The van der Waals surface area contributed by atoms with Crippen molar-refractivity contribution in [2.24, 2.45) is 69.8 Å². The molecule has 0 amide bonds. The lowest BCUT2D eigenvalue weighted by Crippen LogP contribution is -2.65. The first-order valence-electron chi connectivity index (χ1n) is 28.3. The first-order valence-corrected chi connectivity index (χ1v) is 28.3. The van der Waals surface area contributed by atoms with Gasteiger partial charge in [0, 0.05) is 18.4 Å². The molecule has 8 fully saturated rings. The van der Waals surface area contributed by atoms with Gasteiger partial charge in [-0.1, -0.05) is 72.6 Å². The summed E-state index contributed by atoms with van der Waals surface area (Å²) in [5.41, 5.74) is 5.95. The molecule has 25 atom stereocenters. The van der Waals surface area contributed by atoms with E-state index in [1.165, 1.54) is 7.11 Å². The Bertz CT molecular complexity index is 1860. The summed E-state index contributed by atoms with van der Waals surface area (Å²) >= 11 is 0. The van der Waals surface area contributed by atoms with Gasteiger partial charge < -0.3 is 74.6 Å². The van der Waals surface area contributed by atoms with E-state index in [9.17, 15) is 45.3 Å². The molecule has 0 bridgehead atoms. The van der Waals surface area contributed by atoms with Crippen LogP contribution in [0.1, 0.15) is 157 Å². The van der Waals surface area contributed by atoms with Crippen molar-refractivity contribution in [2.45, 2.75) is 248 Å². The number of hydrogen-bond donors (Lipinski definition) is 8. The Morgan fingerprint density at radius 2 is 1.53 bits per heavy atom. The average Bonchev–Trinajstić information content (AvgIpc) is 3.74. The van der Waals surface area contributed by atoms with Crippen LogP contribution in [-0.2, 0) is 47.5 Å². The van der Waals surface area contributed by atoms with Gasteiger partial charge in [0.15, 0.2) is 18.7 Å². The standard InChI is InChI=1S/C55H91NO17/c1-7-30-14-11-15-36(48(30)73-53-47(63)46(62)44(60)28(3)68-53)71-52-43(49(45(61)39(26-57)72-52)69-38(50(64)65)22-29-12-9-8-10-13-29)51(66)70-37-24-31-23-32(56)20-21-54(31,4)35-25-40(58)55(5)33(17-18-34(55)42(35)37)27(2)16-19-41(59)67-6/h27-40,42-49,52-53,57-58,60-63H,7-26,56H2,1-6H3,(H,64,65)/t27-,28+,30-,31+,32+,33-,34+,35+,36-,37-,38+,39+,40+,42+,43?,44?,45+,46+,47+,48-,49?,52-,53?,54+,55-/m1/s1. The zero-order valence-electron chi connectivity index (χ0n) is 44.3. The summed E-state index contributed by atoms with van der Waals surface area (Å²) in [7, 11) is 1.39. The molecule has 8 rings (SSSR count). The predicted octanol–water partition coefficient (Wildman–Crippen LogP) is 4.37. The molecule has 18 nitrogen and oxygen atoms in total. The van der Waals surface area contributed by atoms with Gasteiger partial charge in [0.2, 0.25) is 0 Å². The van der Waals surface area contributed by atoms with Crippen molar-refractivity contribution in [1.29, 1.82) is 0 Å². The fourth-order valence-corrected chi connectivity index (χ4v) is 16.3. The largest absolute Gasteiger partial charge is 0.479 e. The van der Waals surface area contributed by atoms with Gasteiger partial charge >= 0.3 is 17.9 Å². The second-order valence-corrected chi connectivity index (χ2v) is 24.6. The summed E-state index contributed by atoms with van der Waals surface area (Å²) in [6, 6.07) is -0.0458. The predicted molar refractivity (Wildman–Crippen MR) is 263 cm³/mol. The highest BCUT2D eigenvalue weighted by Gasteiger charge is 2.67. The van der Waals surface area contributed by atoms with E-state index in [0.717, 1.165) is 70.6 Å². The Morgan fingerprint density at radius 1 is 0.795 bits per heavy atom. The van der Waals surface area contributed by atoms with Crippen molar-refractivity contribution in [3.05, 3.63) is 0 Å². The molecule has 18 heteroatoms. The number of aliphatic hydroxyl groups is 6. The van der Waals surface area contributed by atoms with Gasteiger partial charge in [-0.05, 0) is 130 Å². The van der Waals surface area contributed by atoms with Crippen LogP contribution >= 0.6 is 0 Å². The summed E-state index contributed by atoms with van der Waals surface area (Å²) < 4.78 is 44.3. The molecule has 2 heterocycles. The molecule has 6 aliphatic carbocycles. The van der Waals surface area contributed by atoms with Crippen LogP contribution in [-0.4, -0.2) is 159 Å². The summed E-state index contributed by atoms with van der Waals surface area (Å²) in [5.74, 6) is -3.99. The first kappa shape index (κ1) is 57.1. The Hall–Kier alpha value is -2.07. The third-order valence-corrected chi connectivity index (χ3v) is 20.7. The van der Waals surface area contributed by atoms with E-state index >= 15 is 4.79 Å². The van der Waals surface area contributed by atoms with E-state index in [0.29, 0.717) is 38.5 Å². The molecule has 0 aromatic heterocycles. The van der Waals surface area contributed by atoms with Crippen LogP contribution in [0.15, 0.2) is 0 Å². The van der Waals surface area contributed by atoms with Crippen LogP contribution in [0.3, 0.4) is 0 Å². The van der Waals surface area contributed by atoms with Gasteiger partial charge in [-0.3, -0.25) is 9.59 Å². The van der Waals surface area contributed by atoms with Crippen LogP contribution in [0.25, 0.3) is 0 Å². The van der Waals surface area contributed by atoms with Crippen LogP contribution in [0, 0.1) is 64.1 Å². The smallest absolute Gasteiger partial charge is 0.332 e. The maximum atomic E-state index is 15.8. The molecule has 418 valence electrons. The number of carboxylic acid groups (broad SMARTS) is 1. The maximum absolute atomic E-state index is 15.8. The van der Waals surface area contributed by atoms with Crippen LogP contribution in [0.4, 0.5) is 0 Å². The number of rotatable bonds is 17. The maximum Gasteiger partial charge on any atom is 0.332 e. The molecule has 0 radical (unpaired) electrons. The number of hydrogen-bond acceptors (Lipinski definition) is 17. The van der Waals surface area contributed by atoms with Crippen molar-refractivity contribution in [2.75, 3.05) is 13.7 Å². The van der Waals surface area contributed by atoms with E-state index in [4.69, 9.17) is 38.9 Å². The molecule has 73 heavy (non-hydrogen) atoms. The number of methoxy groups -OCH3 is 1. The number of esters is 2. The highest BCUT2D eigenvalue weighted by atomic mass is 16.7. The monoisotopic (exact) mass is 1040 g/mol. The minimum atomic E-state index is -1.67. The van der Waals surface area contributed by atoms with Gasteiger partial charge in [-0.15, -0.1) is 0 Å². The van der Waals surface area contributed by atoms with Crippen LogP contribution < -0.4 is 5.73 Å². The second kappa shape index (κ2) is 23.9.